The Labute approximate surface area is 109 Å². The standard InChI is InChI=1S/C11H10N2O5S/c14-11(13-10-5-2-6-18-10)12-8-3-1-4-9(7-8)19(15,16)17/h1-7H,(H2,12,13,14)(H,15,16,17). The minimum Gasteiger partial charge on any atom is -0.449 e. The topological polar surface area (TPSA) is 109 Å². The molecule has 1 aromatic carbocycles. The van der Waals surface area contributed by atoms with Crippen LogP contribution in [0.15, 0.2) is 52.0 Å². The average Bonchev–Trinajstić information content (AvgIpc) is 2.80. The van der Waals surface area contributed by atoms with Crippen molar-refractivity contribution in [3.05, 3.63) is 42.7 Å². The van der Waals surface area contributed by atoms with Crippen LogP contribution in [-0.4, -0.2) is 19.0 Å². The lowest BCUT2D eigenvalue weighted by Crippen LogP contribution is -2.19. The van der Waals surface area contributed by atoms with E-state index in [1.165, 1.54) is 24.5 Å². The third-order valence-electron chi connectivity index (χ3n) is 2.15. The summed E-state index contributed by atoms with van der Waals surface area (Å²) in [5.41, 5.74) is 0.221. The number of carbonyl (C=O) groups excluding carboxylic acids is 1. The molecule has 0 unspecified atom stereocenters. The summed E-state index contributed by atoms with van der Waals surface area (Å²) in [5.74, 6) is 0.253. The minimum atomic E-state index is -4.30. The van der Waals surface area contributed by atoms with Crippen LogP contribution in [0.25, 0.3) is 0 Å². The Morgan fingerprint density at radius 1 is 1.16 bits per heavy atom. The first kappa shape index (κ1) is 13.1. The zero-order valence-corrected chi connectivity index (χ0v) is 10.3. The van der Waals surface area contributed by atoms with Crippen molar-refractivity contribution in [2.75, 3.05) is 10.6 Å². The molecule has 7 nitrogen and oxygen atoms in total. The van der Waals surface area contributed by atoms with Crippen molar-refractivity contribution in [1.29, 1.82) is 0 Å². The monoisotopic (exact) mass is 282 g/mol. The van der Waals surface area contributed by atoms with Crippen LogP contribution in [0.5, 0.6) is 0 Å². The number of benzene rings is 1. The smallest absolute Gasteiger partial charge is 0.326 e. The summed E-state index contributed by atoms with van der Waals surface area (Å²) in [4.78, 5) is 11.2. The molecule has 3 N–H and O–H groups in total. The van der Waals surface area contributed by atoms with Gasteiger partial charge >= 0.3 is 6.03 Å². The van der Waals surface area contributed by atoms with Crippen molar-refractivity contribution in [2.45, 2.75) is 4.90 Å². The van der Waals surface area contributed by atoms with Gasteiger partial charge in [-0.05, 0) is 24.3 Å². The minimum absolute atomic E-state index is 0.221. The summed E-state index contributed by atoms with van der Waals surface area (Å²) in [6.45, 7) is 0. The Morgan fingerprint density at radius 3 is 2.58 bits per heavy atom. The van der Waals surface area contributed by atoms with Gasteiger partial charge in [0.1, 0.15) is 0 Å². The summed E-state index contributed by atoms with van der Waals surface area (Å²) < 4.78 is 35.7. The molecule has 0 aliphatic rings. The Bertz CT molecular complexity index is 679. The first-order chi connectivity index (χ1) is 8.95. The van der Waals surface area contributed by atoms with Crippen LogP contribution >= 0.6 is 0 Å². The van der Waals surface area contributed by atoms with Gasteiger partial charge in [-0.3, -0.25) is 9.87 Å². The van der Waals surface area contributed by atoms with E-state index in [1.54, 1.807) is 12.1 Å². The molecule has 0 spiro atoms. The molecular weight excluding hydrogens is 272 g/mol. The highest BCUT2D eigenvalue weighted by molar-refractivity contribution is 7.85. The average molecular weight is 282 g/mol. The lowest BCUT2D eigenvalue weighted by molar-refractivity contribution is 0.261. The zero-order chi connectivity index (χ0) is 13.9. The van der Waals surface area contributed by atoms with E-state index >= 15 is 0 Å². The Balaban J connectivity index is 2.09. The van der Waals surface area contributed by atoms with Crippen molar-refractivity contribution in [3.8, 4) is 0 Å². The van der Waals surface area contributed by atoms with Gasteiger partial charge in [-0.15, -0.1) is 0 Å². The summed E-state index contributed by atoms with van der Waals surface area (Å²) >= 11 is 0. The van der Waals surface area contributed by atoms with Gasteiger partial charge in [0, 0.05) is 11.8 Å². The normalized spacial score (nSPS) is 11.0. The Hall–Kier alpha value is -2.32. The summed E-state index contributed by atoms with van der Waals surface area (Å²) in [6, 6.07) is 7.79. The fraction of sp³-hybridized carbons (Fsp3) is 0. The van der Waals surface area contributed by atoms with Gasteiger partial charge in [0.2, 0.25) is 5.88 Å². The van der Waals surface area contributed by atoms with Crippen molar-refractivity contribution in [2.24, 2.45) is 0 Å². The molecule has 1 aromatic heterocycles. The molecule has 0 bridgehead atoms. The van der Waals surface area contributed by atoms with Crippen LogP contribution in [0.2, 0.25) is 0 Å². The largest absolute Gasteiger partial charge is 0.449 e. The fourth-order valence-electron chi connectivity index (χ4n) is 1.36. The van der Waals surface area contributed by atoms with E-state index < -0.39 is 16.1 Å². The summed E-state index contributed by atoms with van der Waals surface area (Å²) in [6.07, 6.45) is 1.40. The van der Waals surface area contributed by atoms with Crippen LogP contribution in [0.4, 0.5) is 16.4 Å². The van der Waals surface area contributed by atoms with E-state index in [2.05, 4.69) is 10.6 Å². The van der Waals surface area contributed by atoms with Gasteiger partial charge in [-0.25, -0.2) is 4.79 Å². The Kier molecular flexibility index (Phi) is 3.54. The number of hydrogen-bond donors (Lipinski definition) is 3. The van der Waals surface area contributed by atoms with Gasteiger partial charge in [0.05, 0.1) is 11.2 Å². The maximum atomic E-state index is 11.5. The van der Waals surface area contributed by atoms with Crippen molar-refractivity contribution < 1.29 is 22.2 Å². The lowest BCUT2D eigenvalue weighted by Gasteiger charge is -2.06. The van der Waals surface area contributed by atoms with E-state index in [-0.39, 0.29) is 16.5 Å². The van der Waals surface area contributed by atoms with Gasteiger partial charge in [-0.1, -0.05) is 6.07 Å². The first-order valence-corrected chi connectivity index (χ1v) is 6.58. The van der Waals surface area contributed by atoms with Crippen molar-refractivity contribution in [3.63, 3.8) is 0 Å². The number of amides is 2. The van der Waals surface area contributed by atoms with E-state index in [0.717, 1.165) is 6.07 Å². The van der Waals surface area contributed by atoms with E-state index in [0.29, 0.717) is 0 Å². The molecule has 2 amide bonds. The molecule has 0 saturated carbocycles. The van der Waals surface area contributed by atoms with Gasteiger partial charge < -0.3 is 9.73 Å². The molecule has 1 heterocycles. The van der Waals surface area contributed by atoms with E-state index in [9.17, 15) is 13.2 Å². The molecular formula is C11H10N2O5S. The highest BCUT2D eigenvalue weighted by Gasteiger charge is 2.11. The van der Waals surface area contributed by atoms with Crippen LogP contribution in [0.1, 0.15) is 0 Å². The van der Waals surface area contributed by atoms with Gasteiger partial charge in [0.15, 0.2) is 0 Å². The fourth-order valence-corrected chi connectivity index (χ4v) is 1.88. The maximum Gasteiger partial charge on any atom is 0.326 e. The Morgan fingerprint density at radius 2 is 1.95 bits per heavy atom. The van der Waals surface area contributed by atoms with Gasteiger partial charge in [0.25, 0.3) is 10.1 Å². The van der Waals surface area contributed by atoms with E-state index in [1.807, 2.05) is 0 Å². The first-order valence-electron chi connectivity index (χ1n) is 5.14. The third kappa shape index (κ3) is 3.57. The van der Waals surface area contributed by atoms with Crippen LogP contribution in [0.3, 0.4) is 0 Å². The molecule has 0 aliphatic heterocycles. The van der Waals surface area contributed by atoms with Gasteiger partial charge in [-0.2, -0.15) is 8.42 Å². The van der Waals surface area contributed by atoms with Crippen molar-refractivity contribution in [1.82, 2.24) is 0 Å². The van der Waals surface area contributed by atoms with Crippen LogP contribution in [-0.2, 0) is 10.1 Å². The number of anilines is 2. The molecule has 2 rings (SSSR count). The highest BCUT2D eigenvalue weighted by Crippen LogP contribution is 2.15. The number of urea groups is 1. The molecule has 0 aliphatic carbocycles. The lowest BCUT2D eigenvalue weighted by atomic mass is 10.3. The molecule has 0 atom stereocenters. The summed E-state index contributed by atoms with van der Waals surface area (Å²) in [5, 5.41) is 4.81. The number of carbonyl (C=O) groups is 1. The maximum absolute atomic E-state index is 11.5. The van der Waals surface area contributed by atoms with E-state index in [4.69, 9.17) is 8.97 Å². The molecule has 0 fully saturated rings. The van der Waals surface area contributed by atoms with Crippen LogP contribution in [0, 0.1) is 0 Å². The highest BCUT2D eigenvalue weighted by atomic mass is 32.2. The molecule has 19 heavy (non-hydrogen) atoms. The number of hydrogen-bond acceptors (Lipinski definition) is 4. The molecule has 100 valence electrons. The second-order valence-corrected chi connectivity index (χ2v) is 4.98. The van der Waals surface area contributed by atoms with Crippen LogP contribution < -0.4 is 10.6 Å². The SMILES string of the molecule is O=C(Nc1cccc(S(=O)(=O)O)c1)Nc1ccco1. The van der Waals surface area contributed by atoms with Crippen molar-refractivity contribution >= 4 is 27.7 Å². The number of nitrogens with one attached hydrogen (secondary N) is 2. The molecule has 8 heteroatoms. The number of furan rings is 1. The molecule has 0 radical (unpaired) electrons. The predicted molar refractivity (Wildman–Crippen MR) is 67.6 cm³/mol. The quantitative estimate of drug-likeness (QED) is 0.747. The predicted octanol–water partition coefficient (Wildman–Crippen LogP) is 2.17. The third-order valence-corrected chi connectivity index (χ3v) is 3.00. The zero-order valence-electron chi connectivity index (χ0n) is 9.53. The summed E-state index contributed by atoms with van der Waals surface area (Å²) in [7, 11) is -4.30. The number of rotatable bonds is 3. The second kappa shape index (κ2) is 5.12. The molecule has 0 saturated heterocycles. The molecule has 2 aromatic rings. The second-order valence-electron chi connectivity index (χ2n) is 3.56.